The van der Waals surface area contributed by atoms with E-state index in [2.05, 4.69) is 9.55 Å². The average Bonchev–Trinajstić information content (AvgIpc) is 3.61. The Morgan fingerprint density at radius 3 is 2.82 bits per heavy atom. The van der Waals surface area contributed by atoms with Crippen LogP contribution >= 0.6 is 34.1 Å². The summed E-state index contributed by atoms with van der Waals surface area (Å²) >= 11 is 7.71. The molecule has 3 aliphatic rings. The van der Waals surface area contributed by atoms with Gasteiger partial charge in [0, 0.05) is 42.4 Å². The molecule has 1 fully saturated rings. The van der Waals surface area contributed by atoms with Crippen LogP contribution in [0.1, 0.15) is 42.0 Å². The van der Waals surface area contributed by atoms with Gasteiger partial charge in [0.2, 0.25) is 0 Å². The lowest BCUT2D eigenvalue weighted by Gasteiger charge is -2.37. The fourth-order valence-corrected chi connectivity index (χ4v) is 8.19. The van der Waals surface area contributed by atoms with Crippen LogP contribution in [0.2, 0.25) is 5.02 Å². The number of aryl methyl sites for hydroxylation is 1. The largest absolute Gasteiger partial charge is 0.482 e. The summed E-state index contributed by atoms with van der Waals surface area (Å²) in [5.74, 6) is 1.41. The number of amides is 1. The molecule has 208 valence electrons. The van der Waals surface area contributed by atoms with Crippen molar-refractivity contribution >= 4 is 45.9 Å². The molecule has 1 saturated heterocycles. The predicted octanol–water partition coefficient (Wildman–Crippen LogP) is 5.17. The third kappa shape index (κ3) is 4.86. The highest BCUT2D eigenvalue weighted by Crippen LogP contribution is 2.50. The second-order valence-corrected chi connectivity index (χ2v) is 13.3. The maximum absolute atomic E-state index is 15.3. The molecule has 0 saturated carbocycles. The van der Waals surface area contributed by atoms with Crippen molar-refractivity contribution in [3.05, 3.63) is 63.8 Å². The van der Waals surface area contributed by atoms with E-state index >= 15 is 4.39 Å². The summed E-state index contributed by atoms with van der Waals surface area (Å²) in [7, 11) is -2.86. The van der Waals surface area contributed by atoms with Crippen LogP contribution < -0.4 is 9.04 Å². The molecule has 6 rings (SSSR count). The van der Waals surface area contributed by atoms with Gasteiger partial charge >= 0.3 is 0 Å². The van der Waals surface area contributed by atoms with Gasteiger partial charge in [0.25, 0.3) is 5.91 Å². The molecule has 0 spiro atoms. The zero-order chi connectivity index (χ0) is 27.3. The molecule has 3 aliphatic heterocycles. The van der Waals surface area contributed by atoms with Gasteiger partial charge in [0.1, 0.15) is 23.4 Å². The van der Waals surface area contributed by atoms with Crippen molar-refractivity contribution in [1.82, 2.24) is 19.4 Å². The molecular formula is C26H29ClFN5O4S2. The van der Waals surface area contributed by atoms with Crippen LogP contribution in [0.25, 0.3) is 0 Å². The Morgan fingerprint density at radius 1 is 1.23 bits per heavy atom. The summed E-state index contributed by atoms with van der Waals surface area (Å²) in [5, 5.41) is 1.19. The number of pyridine rings is 1. The Kier molecular flexibility index (Phi) is 7.17. The maximum atomic E-state index is 15.3. The first-order chi connectivity index (χ1) is 18.8. The van der Waals surface area contributed by atoms with Gasteiger partial charge in [0.15, 0.2) is 11.8 Å². The Hall–Kier alpha value is -2.51. The van der Waals surface area contributed by atoms with Crippen LogP contribution in [0.5, 0.6) is 5.75 Å². The van der Waals surface area contributed by atoms with Gasteiger partial charge in [-0.2, -0.15) is 0 Å². The van der Waals surface area contributed by atoms with Crippen molar-refractivity contribution in [2.24, 2.45) is 0 Å². The zero-order valence-corrected chi connectivity index (χ0v) is 23.7. The van der Waals surface area contributed by atoms with Crippen LogP contribution in [0, 0.1) is 5.82 Å². The lowest BCUT2D eigenvalue weighted by Crippen LogP contribution is -2.44. The molecule has 1 aromatic carbocycles. The Morgan fingerprint density at radius 2 is 2.08 bits per heavy atom. The molecule has 2 N–H and O–H groups in total. The molecule has 5 heterocycles. The molecule has 3 aromatic rings. The van der Waals surface area contributed by atoms with E-state index in [1.165, 1.54) is 6.07 Å². The number of rotatable bonds is 6. The number of imidazole rings is 1. The lowest BCUT2D eigenvalue weighted by atomic mass is 9.94. The van der Waals surface area contributed by atoms with Gasteiger partial charge in [-0.15, -0.1) is 10.8 Å². The van der Waals surface area contributed by atoms with E-state index in [0.29, 0.717) is 66.0 Å². The summed E-state index contributed by atoms with van der Waals surface area (Å²) in [5.41, 5.74) is 2.73. The number of halogens is 2. The molecule has 1 amide bonds. The van der Waals surface area contributed by atoms with Crippen LogP contribution in [-0.4, -0.2) is 65.6 Å². The third-order valence-corrected chi connectivity index (χ3v) is 10.4. The first-order valence-corrected chi connectivity index (χ1v) is 15.9. The van der Waals surface area contributed by atoms with Gasteiger partial charge in [-0.25, -0.2) is 14.4 Å². The smallest absolute Gasteiger partial charge is 0.261 e. The predicted molar refractivity (Wildman–Crippen MR) is 150 cm³/mol. The zero-order valence-electron chi connectivity index (χ0n) is 21.3. The second kappa shape index (κ2) is 10.5. The topological polar surface area (TPSA) is 104 Å². The number of fused-ring (bicyclic) bond motifs is 3. The Labute approximate surface area is 236 Å². The summed E-state index contributed by atoms with van der Waals surface area (Å²) in [6.07, 6.45) is 1.80. The van der Waals surface area contributed by atoms with Crippen LogP contribution in [-0.2, 0) is 24.2 Å². The van der Waals surface area contributed by atoms with Crippen LogP contribution in [0.15, 0.2) is 35.5 Å². The molecule has 13 heteroatoms. The van der Waals surface area contributed by atoms with Crippen LogP contribution in [0.4, 0.5) is 10.2 Å². The first-order valence-electron chi connectivity index (χ1n) is 12.9. The minimum atomic E-state index is -2.86. The molecule has 1 atom stereocenters. The standard InChI is InChI=1S/C26H29ClFN5O4S2/c1-2-19-21(6-7-22(29-19)33-9-3-13-39(33,35)36)37-15-23(34)31-10-8-20-25(32-11-12-38-26(32)30-20)24(31)17-5-4-16(27)14-18(17)28/h4-7,14,24,35-36H,2-3,8-13,15H2,1H3. The van der Waals surface area contributed by atoms with Crippen molar-refractivity contribution in [3.8, 4) is 5.75 Å². The number of anilines is 1. The second-order valence-electron chi connectivity index (χ2n) is 9.68. The quantitative estimate of drug-likeness (QED) is 0.404. The molecular weight excluding hydrogens is 565 g/mol. The fraction of sp³-hybridized carbons (Fsp3) is 0.423. The van der Waals surface area contributed by atoms with E-state index in [1.807, 2.05) is 6.92 Å². The number of hydrogen-bond donors (Lipinski definition) is 2. The monoisotopic (exact) mass is 593 g/mol. The SMILES string of the molecule is CCc1nc(N2CCCS2(O)O)ccc1OCC(=O)N1CCc2nc3n(c2C1c1ccc(Cl)cc1F)CCS3. The van der Waals surface area contributed by atoms with E-state index in [0.717, 1.165) is 28.8 Å². The number of aromatic nitrogens is 3. The van der Waals surface area contributed by atoms with Gasteiger partial charge < -0.3 is 14.2 Å². The highest BCUT2D eigenvalue weighted by atomic mass is 35.5. The van der Waals surface area contributed by atoms with Crippen molar-refractivity contribution in [2.45, 2.75) is 43.9 Å². The molecule has 2 aromatic heterocycles. The van der Waals surface area contributed by atoms with Gasteiger partial charge in [-0.1, -0.05) is 36.4 Å². The van der Waals surface area contributed by atoms with E-state index in [9.17, 15) is 13.9 Å². The van der Waals surface area contributed by atoms with Crippen LogP contribution in [0.3, 0.4) is 0 Å². The highest BCUT2D eigenvalue weighted by molar-refractivity contribution is 8.25. The number of thioether (sulfide) groups is 1. The molecule has 0 radical (unpaired) electrons. The van der Waals surface area contributed by atoms with Gasteiger partial charge in [-0.05, 0) is 37.1 Å². The summed E-state index contributed by atoms with van der Waals surface area (Å²) in [4.78, 5) is 24.7. The maximum Gasteiger partial charge on any atom is 0.261 e. The minimum Gasteiger partial charge on any atom is -0.482 e. The number of ether oxygens (including phenoxy) is 1. The number of carbonyl (C=O) groups is 1. The fourth-order valence-electron chi connectivity index (χ4n) is 5.49. The third-order valence-electron chi connectivity index (χ3n) is 7.32. The lowest BCUT2D eigenvalue weighted by molar-refractivity contribution is -0.135. The number of carbonyl (C=O) groups excluding carboxylic acids is 1. The molecule has 1 unspecified atom stereocenters. The average molecular weight is 594 g/mol. The molecule has 9 nitrogen and oxygen atoms in total. The molecule has 0 aliphatic carbocycles. The number of benzene rings is 1. The summed E-state index contributed by atoms with van der Waals surface area (Å²) < 4.78 is 45.5. The van der Waals surface area contributed by atoms with Crippen molar-refractivity contribution in [3.63, 3.8) is 0 Å². The summed E-state index contributed by atoms with van der Waals surface area (Å²) in [6, 6.07) is 7.31. The van der Waals surface area contributed by atoms with Crippen molar-refractivity contribution in [2.75, 3.05) is 35.5 Å². The van der Waals surface area contributed by atoms with Gasteiger partial charge in [0.05, 0.1) is 22.8 Å². The number of hydrogen-bond acceptors (Lipinski definition) is 8. The number of nitrogens with zero attached hydrogens (tertiary/aromatic N) is 5. The highest BCUT2D eigenvalue weighted by Gasteiger charge is 2.39. The van der Waals surface area contributed by atoms with Crippen molar-refractivity contribution < 1.29 is 23.0 Å². The van der Waals surface area contributed by atoms with E-state index in [-0.39, 0.29) is 12.5 Å². The Bertz CT molecular complexity index is 1440. The Balaban J connectivity index is 1.27. The van der Waals surface area contributed by atoms with E-state index in [1.54, 1.807) is 45.2 Å². The van der Waals surface area contributed by atoms with E-state index < -0.39 is 22.6 Å². The minimum absolute atomic E-state index is 0.246. The molecule has 0 bridgehead atoms. The molecule has 39 heavy (non-hydrogen) atoms. The van der Waals surface area contributed by atoms with Gasteiger partial charge in [-0.3, -0.25) is 18.2 Å². The normalized spacial score (nSPS) is 20.6. The van der Waals surface area contributed by atoms with E-state index in [4.69, 9.17) is 21.3 Å². The first kappa shape index (κ1) is 26.7. The summed E-state index contributed by atoms with van der Waals surface area (Å²) in [6.45, 7) is 3.34. The van der Waals surface area contributed by atoms with Crippen molar-refractivity contribution in [1.29, 1.82) is 0 Å².